The Bertz CT molecular complexity index is 295. The second-order valence-corrected chi connectivity index (χ2v) is 5.96. The number of rotatable bonds is 6. The molecular formula is C11H15Cl3O3. The summed E-state index contributed by atoms with van der Waals surface area (Å²) < 4.78 is 3.44. The monoisotopic (exact) mass is 300 g/mol. The Morgan fingerprint density at radius 3 is 2.29 bits per heavy atom. The molecule has 0 aromatic heterocycles. The highest BCUT2D eigenvalue weighted by Gasteiger charge is 2.23. The fourth-order valence-electron chi connectivity index (χ4n) is 1.12. The standard InChI is InChI=1S/C11H15Cl3O3/c1-3-17-10(16)9(8(2)15)6-4-5-7-11(12,13)14/h4-5,9H,3,6-7H2,1-2H3. The molecule has 0 fully saturated rings. The molecule has 0 aromatic carbocycles. The minimum atomic E-state index is -1.36. The summed E-state index contributed by atoms with van der Waals surface area (Å²) in [6.45, 7) is 3.29. The van der Waals surface area contributed by atoms with Crippen LogP contribution in [0.5, 0.6) is 0 Å². The van der Waals surface area contributed by atoms with Gasteiger partial charge in [0.05, 0.1) is 6.61 Å². The molecule has 98 valence electrons. The number of carbonyl (C=O) groups is 2. The summed E-state index contributed by atoms with van der Waals surface area (Å²) in [6, 6.07) is 0. The van der Waals surface area contributed by atoms with E-state index in [2.05, 4.69) is 0 Å². The van der Waals surface area contributed by atoms with Crippen LogP contribution < -0.4 is 0 Å². The van der Waals surface area contributed by atoms with Crippen molar-refractivity contribution in [2.75, 3.05) is 6.61 Å². The number of carbonyl (C=O) groups excluding carboxylic acids is 2. The van der Waals surface area contributed by atoms with Crippen LogP contribution in [0.15, 0.2) is 12.2 Å². The number of allylic oxidation sites excluding steroid dienone is 2. The maximum atomic E-state index is 11.4. The number of ketones is 1. The van der Waals surface area contributed by atoms with Gasteiger partial charge in [0, 0.05) is 6.42 Å². The molecule has 0 bridgehead atoms. The van der Waals surface area contributed by atoms with Crippen LogP contribution in [0, 0.1) is 5.92 Å². The molecule has 0 heterocycles. The van der Waals surface area contributed by atoms with Gasteiger partial charge in [-0.15, -0.1) is 0 Å². The van der Waals surface area contributed by atoms with Gasteiger partial charge in [-0.05, 0) is 20.3 Å². The molecule has 0 saturated heterocycles. The molecule has 0 aliphatic carbocycles. The van der Waals surface area contributed by atoms with Crippen molar-refractivity contribution in [3.8, 4) is 0 Å². The molecule has 0 radical (unpaired) electrons. The molecule has 0 saturated carbocycles. The van der Waals surface area contributed by atoms with Gasteiger partial charge < -0.3 is 4.74 Å². The normalized spacial score (nSPS) is 13.7. The highest BCUT2D eigenvalue weighted by Crippen LogP contribution is 2.30. The van der Waals surface area contributed by atoms with Gasteiger partial charge in [0.15, 0.2) is 3.79 Å². The average Bonchev–Trinajstić information content (AvgIpc) is 2.15. The van der Waals surface area contributed by atoms with Crippen LogP contribution in [-0.2, 0) is 14.3 Å². The van der Waals surface area contributed by atoms with Gasteiger partial charge in [-0.2, -0.15) is 0 Å². The number of hydrogen-bond acceptors (Lipinski definition) is 3. The van der Waals surface area contributed by atoms with Crippen molar-refractivity contribution in [1.82, 2.24) is 0 Å². The van der Waals surface area contributed by atoms with E-state index in [-0.39, 0.29) is 25.2 Å². The summed E-state index contributed by atoms with van der Waals surface area (Å²) in [6.07, 6.45) is 3.76. The van der Waals surface area contributed by atoms with Gasteiger partial charge in [-0.3, -0.25) is 9.59 Å². The molecule has 3 nitrogen and oxygen atoms in total. The molecule has 0 aliphatic rings. The largest absolute Gasteiger partial charge is 0.465 e. The van der Waals surface area contributed by atoms with Crippen molar-refractivity contribution in [2.24, 2.45) is 5.92 Å². The Morgan fingerprint density at radius 1 is 1.29 bits per heavy atom. The van der Waals surface area contributed by atoms with Crippen LogP contribution in [-0.4, -0.2) is 22.2 Å². The molecule has 1 atom stereocenters. The number of hydrogen-bond donors (Lipinski definition) is 0. The topological polar surface area (TPSA) is 43.4 Å². The number of Topliss-reactive ketones (excluding diaryl/α,β-unsaturated/α-hetero) is 1. The smallest absolute Gasteiger partial charge is 0.316 e. The Balaban J connectivity index is 4.28. The van der Waals surface area contributed by atoms with Gasteiger partial charge in [-0.1, -0.05) is 47.0 Å². The van der Waals surface area contributed by atoms with Crippen LogP contribution in [0.25, 0.3) is 0 Å². The molecule has 6 heteroatoms. The van der Waals surface area contributed by atoms with E-state index in [1.54, 1.807) is 19.1 Å². The van der Waals surface area contributed by atoms with Crippen molar-refractivity contribution >= 4 is 46.6 Å². The fraction of sp³-hybridized carbons (Fsp3) is 0.636. The van der Waals surface area contributed by atoms with Gasteiger partial charge in [0.2, 0.25) is 0 Å². The minimum absolute atomic E-state index is 0.227. The lowest BCUT2D eigenvalue weighted by molar-refractivity contribution is -0.150. The second-order valence-electron chi connectivity index (χ2n) is 3.44. The lowest BCUT2D eigenvalue weighted by Gasteiger charge is -2.10. The molecule has 0 amide bonds. The van der Waals surface area contributed by atoms with Gasteiger partial charge in [0.1, 0.15) is 11.7 Å². The number of halogens is 3. The Morgan fingerprint density at radius 2 is 1.88 bits per heavy atom. The first-order chi connectivity index (χ1) is 7.78. The van der Waals surface area contributed by atoms with Crippen molar-refractivity contribution in [3.05, 3.63) is 12.2 Å². The number of esters is 1. The second kappa shape index (κ2) is 7.96. The SMILES string of the molecule is CCOC(=O)C(CC=CCC(Cl)(Cl)Cl)C(C)=O. The molecule has 0 spiro atoms. The summed E-state index contributed by atoms with van der Waals surface area (Å²) in [4.78, 5) is 22.7. The summed E-state index contributed by atoms with van der Waals surface area (Å²) >= 11 is 16.6. The zero-order valence-electron chi connectivity index (χ0n) is 9.71. The third-order valence-electron chi connectivity index (χ3n) is 1.95. The molecule has 1 unspecified atom stereocenters. The average molecular weight is 302 g/mol. The van der Waals surface area contributed by atoms with Crippen LogP contribution in [0.3, 0.4) is 0 Å². The minimum Gasteiger partial charge on any atom is -0.465 e. The van der Waals surface area contributed by atoms with E-state index in [1.807, 2.05) is 0 Å². The van der Waals surface area contributed by atoms with Crippen molar-refractivity contribution in [2.45, 2.75) is 30.5 Å². The molecule has 0 aromatic rings. The predicted molar refractivity (Wildman–Crippen MR) is 69.5 cm³/mol. The maximum absolute atomic E-state index is 11.4. The Kier molecular flexibility index (Phi) is 7.84. The van der Waals surface area contributed by atoms with Crippen molar-refractivity contribution < 1.29 is 14.3 Å². The van der Waals surface area contributed by atoms with E-state index >= 15 is 0 Å². The zero-order chi connectivity index (χ0) is 13.5. The Hall–Kier alpha value is -0.250. The lowest BCUT2D eigenvalue weighted by atomic mass is 10.0. The van der Waals surface area contributed by atoms with Crippen LogP contribution in [0.4, 0.5) is 0 Å². The first-order valence-corrected chi connectivity index (χ1v) is 6.30. The van der Waals surface area contributed by atoms with Crippen LogP contribution >= 0.6 is 34.8 Å². The van der Waals surface area contributed by atoms with Gasteiger partial charge in [-0.25, -0.2) is 0 Å². The summed E-state index contributed by atoms with van der Waals surface area (Å²) in [5, 5.41) is 0. The summed E-state index contributed by atoms with van der Waals surface area (Å²) in [7, 11) is 0. The first kappa shape index (κ1) is 16.8. The lowest BCUT2D eigenvalue weighted by Crippen LogP contribution is -2.23. The van der Waals surface area contributed by atoms with E-state index < -0.39 is 15.7 Å². The molecule has 0 N–H and O–H groups in total. The quantitative estimate of drug-likeness (QED) is 0.326. The Labute approximate surface area is 116 Å². The maximum Gasteiger partial charge on any atom is 0.316 e. The third-order valence-corrected chi connectivity index (χ3v) is 2.41. The highest BCUT2D eigenvalue weighted by atomic mass is 35.6. The molecule has 0 rings (SSSR count). The zero-order valence-corrected chi connectivity index (χ0v) is 12.0. The van der Waals surface area contributed by atoms with Gasteiger partial charge in [0.25, 0.3) is 0 Å². The van der Waals surface area contributed by atoms with E-state index in [0.717, 1.165) is 0 Å². The fourth-order valence-corrected chi connectivity index (χ4v) is 1.39. The third kappa shape index (κ3) is 8.47. The van der Waals surface area contributed by atoms with Crippen LogP contribution in [0.2, 0.25) is 0 Å². The van der Waals surface area contributed by atoms with Crippen LogP contribution in [0.1, 0.15) is 26.7 Å². The summed E-state index contributed by atoms with van der Waals surface area (Å²) in [5.74, 6) is -1.53. The highest BCUT2D eigenvalue weighted by molar-refractivity contribution is 6.67. The van der Waals surface area contributed by atoms with E-state index in [4.69, 9.17) is 39.5 Å². The van der Waals surface area contributed by atoms with Gasteiger partial charge >= 0.3 is 5.97 Å². The van der Waals surface area contributed by atoms with E-state index in [9.17, 15) is 9.59 Å². The summed E-state index contributed by atoms with van der Waals surface area (Å²) in [5.41, 5.74) is 0. The molecular weight excluding hydrogens is 286 g/mol. The molecule has 17 heavy (non-hydrogen) atoms. The van der Waals surface area contributed by atoms with Crippen molar-refractivity contribution in [3.63, 3.8) is 0 Å². The van der Waals surface area contributed by atoms with E-state index in [0.29, 0.717) is 0 Å². The number of ether oxygens (including phenoxy) is 1. The van der Waals surface area contributed by atoms with Crippen molar-refractivity contribution in [1.29, 1.82) is 0 Å². The first-order valence-electron chi connectivity index (χ1n) is 5.16. The van der Waals surface area contributed by atoms with E-state index in [1.165, 1.54) is 6.92 Å². The number of alkyl halides is 3. The molecule has 0 aliphatic heterocycles. The predicted octanol–water partition coefficient (Wildman–Crippen LogP) is 3.46.